The normalized spacial score (nSPS) is 13.1. The average Bonchev–Trinajstić information content (AvgIpc) is 3.20. The van der Waals surface area contributed by atoms with E-state index < -0.39 is 15.7 Å². The van der Waals surface area contributed by atoms with E-state index in [9.17, 15) is 17.6 Å². The van der Waals surface area contributed by atoms with Crippen molar-refractivity contribution < 1.29 is 27.1 Å². The highest BCUT2D eigenvalue weighted by Crippen LogP contribution is 2.33. The molecule has 1 aliphatic rings. The number of fused-ring (bicyclic) bond motifs is 2. The molecule has 1 aliphatic heterocycles. The number of carbonyl (C=O) groups excluding carboxylic acids is 1. The molecule has 1 aromatic heterocycles. The van der Waals surface area contributed by atoms with Gasteiger partial charge in [-0.25, -0.2) is 12.8 Å². The topological polar surface area (TPSA) is 86.6 Å². The standard InChI is InChI=1S/C25H21FN2O5S/c26-18-7-5-17(6-8-18)16-34(30,31)24-14-28(21-4-2-1-3-20(21)24)15-25(29)27-19-9-10-22-23(13-19)33-12-11-32-22/h1-10,13-14H,11-12,15-16H2,(H,27,29). The van der Waals surface area contributed by atoms with Crippen LogP contribution in [0.5, 0.6) is 11.5 Å². The van der Waals surface area contributed by atoms with Crippen LogP contribution < -0.4 is 14.8 Å². The SMILES string of the molecule is O=C(Cn1cc(S(=O)(=O)Cc2ccc(F)cc2)c2ccccc21)Nc1ccc2c(c1)OCCO2. The molecule has 0 aliphatic carbocycles. The molecule has 9 heteroatoms. The molecule has 0 atom stereocenters. The third-order valence-electron chi connectivity index (χ3n) is 5.50. The zero-order valence-corrected chi connectivity index (χ0v) is 18.8. The van der Waals surface area contributed by atoms with Gasteiger partial charge in [-0.15, -0.1) is 0 Å². The lowest BCUT2D eigenvalue weighted by Crippen LogP contribution is -2.19. The largest absolute Gasteiger partial charge is 0.486 e. The van der Waals surface area contributed by atoms with Gasteiger partial charge in [0.1, 0.15) is 25.6 Å². The predicted octanol–water partition coefficient (Wildman–Crippen LogP) is 4.16. The smallest absolute Gasteiger partial charge is 0.244 e. The second kappa shape index (κ2) is 8.83. The van der Waals surface area contributed by atoms with Crippen molar-refractivity contribution >= 4 is 32.3 Å². The lowest BCUT2D eigenvalue weighted by Gasteiger charge is -2.19. The zero-order valence-electron chi connectivity index (χ0n) is 18.0. The fraction of sp³-hybridized carbons (Fsp3) is 0.160. The van der Waals surface area contributed by atoms with E-state index in [0.29, 0.717) is 46.9 Å². The van der Waals surface area contributed by atoms with Crippen molar-refractivity contribution in [3.8, 4) is 11.5 Å². The number of hydrogen-bond acceptors (Lipinski definition) is 5. The molecule has 174 valence electrons. The highest BCUT2D eigenvalue weighted by molar-refractivity contribution is 7.90. The first kappa shape index (κ1) is 22.0. The fourth-order valence-corrected chi connectivity index (χ4v) is 5.53. The summed E-state index contributed by atoms with van der Waals surface area (Å²) < 4.78 is 52.3. The second-order valence-corrected chi connectivity index (χ2v) is 9.89. The molecule has 0 spiro atoms. The molecule has 4 aromatic rings. The number of amides is 1. The number of nitrogens with one attached hydrogen (secondary N) is 1. The minimum Gasteiger partial charge on any atom is -0.486 e. The third-order valence-corrected chi connectivity index (χ3v) is 7.21. The molecule has 34 heavy (non-hydrogen) atoms. The van der Waals surface area contributed by atoms with Gasteiger partial charge in [0.2, 0.25) is 5.91 Å². The Hall–Kier alpha value is -3.85. The summed E-state index contributed by atoms with van der Waals surface area (Å²) >= 11 is 0. The van der Waals surface area contributed by atoms with E-state index in [4.69, 9.17) is 9.47 Å². The number of para-hydroxylation sites is 1. The van der Waals surface area contributed by atoms with Gasteiger partial charge in [0, 0.05) is 28.9 Å². The van der Waals surface area contributed by atoms with Gasteiger partial charge < -0.3 is 19.4 Å². The summed E-state index contributed by atoms with van der Waals surface area (Å²) in [6.45, 7) is 0.835. The van der Waals surface area contributed by atoms with Crippen molar-refractivity contribution in [2.45, 2.75) is 17.2 Å². The van der Waals surface area contributed by atoms with Crippen LogP contribution in [0.2, 0.25) is 0 Å². The van der Waals surface area contributed by atoms with E-state index in [0.717, 1.165) is 0 Å². The molecule has 5 rings (SSSR count). The van der Waals surface area contributed by atoms with Crippen LogP contribution in [0.1, 0.15) is 5.56 Å². The molecular weight excluding hydrogens is 459 g/mol. The Morgan fingerprint density at radius 3 is 2.50 bits per heavy atom. The summed E-state index contributed by atoms with van der Waals surface area (Å²) in [5.74, 6) is 0.160. The lowest BCUT2D eigenvalue weighted by molar-refractivity contribution is -0.116. The average molecular weight is 481 g/mol. The maximum Gasteiger partial charge on any atom is 0.244 e. The van der Waals surface area contributed by atoms with Crippen LogP contribution in [0, 0.1) is 5.82 Å². The number of aromatic nitrogens is 1. The third kappa shape index (κ3) is 4.47. The van der Waals surface area contributed by atoms with Gasteiger partial charge in [0.15, 0.2) is 21.3 Å². The van der Waals surface area contributed by atoms with E-state index in [1.165, 1.54) is 30.5 Å². The molecule has 0 saturated heterocycles. The van der Waals surface area contributed by atoms with E-state index in [2.05, 4.69) is 5.32 Å². The van der Waals surface area contributed by atoms with Crippen molar-refractivity contribution in [1.29, 1.82) is 0 Å². The highest BCUT2D eigenvalue weighted by atomic mass is 32.2. The molecule has 0 radical (unpaired) electrons. The van der Waals surface area contributed by atoms with Crippen LogP contribution in [0.4, 0.5) is 10.1 Å². The molecule has 0 unspecified atom stereocenters. The number of halogens is 1. The molecule has 1 N–H and O–H groups in total. The number of sulfone groups is 1. The van der Waals surface area contributed by atoms with E-state index in [-0.39, 0.29) is 23.1 Å². The van der Waals surface area contributed by atoms with Crippen molar-refractivity contribution in [3.63, 3.8) is 0 Å². The number of anilines is 1. The number of rotatable bonds is 6. The molecular formula is C25H21FN2O5S. The van der Waals surface area contributed by atoms with E-state index in [1.54, 1.807) is 47.0 Å². The summed E-state index contributed by atoms with van der Waals surface area (Å²) in [4.78, 5) is 12.9. The van der Waals surface area contributed by atoms with Gasteiger partial charge in [-0.2, -0.15) is 0 Å². The lowest BCUT2D eigenvalue weighted by atomic mass is 10.2. The van der Waals surface area contributed by atoms with Crippen LogP contribution >= 0.6 is 0 Å². The number of carbonyl (C=O) groups is 1. The summed E-state index contributed by atoms with van der Waals surface area (Å²) in [5, 5.41) is 3.34. The van der Waals surface area contributed by atoms with Crippen LogP contribution in [0.15, 0.2) is 77.8 Å². The molecule has 7 nitrogen and oxygen atoms in total. The quantitative estimate of drug-likeness (QED) is 0.448. The first-order valence-corrected chi connectivity index (χ1v) is 12.3. The maximum atomic E-state index is 13.2. The molecule has 0 bridgehead atoms. The van der Waals surface area contributed by atoms with Gasteiger partial charge >= 0.3 is 0 Å². The van der Waals surface area contributed by atoms with Gasteiger partial charge in [0.25, 0.3) is 0 Å². The van der Waals surface area contributed by atoms with Crippen molar-refractivity contribution in [3.05, 3.63) is 84.3 Å². The first-order chi connectivity index (χ1) is 16.4. The molecule has 2 heterocycles. The van der Waals surface area contributed by atoms with Crippen LogP contribution in [0.25, 0.3) is 10.9 Å². The predicted molar refractivity (Wildman–Crippen MR) is 125 cm³/mol. The number of hydrogen-bond donors (Lipinski definition) is 1. The summed E-state index contributed by atoms with van der Waals surface area (Å²) in [5.41, 5.74) is 1.65. The summed E-state index contributed by atoms with van der Waals surface area (Å²) in [6, 6.07) is 17.5. The highest BCUT2D eigenvalue weighted by Gasteiger charge is 2.22. The Balaban J connectivity index is 1.40. The van der Waals surface area contributed by atoms with Crippen molar-refractivity contribution in [1.82, 2.24) is 4.57 Å². The number of ether oxygens (including phenoxy) is 2. The minimum absolute atomic E-state index is 0.0823. The minimum atomic E-state index is -3.74. The van der Waals surface area contributed by atoms with E-state index >= 15 is 0 Å². The first-order valence-electron chi connectivity index (χ1n) is 10.6. The Morgan fingerprint density at radius 2 is 1.71 bits per heavy atom. The molecule has 3 aromatic carbocycles. The Kier molecular flexibility index (Phi) is 5.70. The second-order valence-electron chi connectivity index (χ2n) is 7.93. The number of nitrogens with zero attached hydrogens (tertiary/aromatic N) is 1. The Bertz CT molecular complexity index is 1480. The Labute approximate surface area is 195 Å². The van der Waals surface area contributed by atoms with Crippen LogP contribution in [-0.4, -0.2) is 32.1 Å². The van der Waals surface area contributed by atoms with Crippen LogP contribution in [-0.2, 0) is 26.9 Å². The van der Waals surface area contributed by atoms with Crippen LogP contribution in [0.3, 0.4) is 0 Å². The van der Waals surface area contributed by atoms with E-state index in [1.807, 2.05) is 0 Å². The summed E-state index contributed by atoms with van der Waals surface area (Å²) in [7, 11) is -3.74. The fourth-order valence-electron chi connectivity index (χ4n) is 3.95. The zero-order chi connectivity index (χ0) is 23.7. The van der Waals surface area contributed by atoms with Gasteiger partial charge in [-0.05, 0) is 35.9 Å². The van der Waals surface area contributed by atoms with Gasteiger partial charge in [-0.3, -0.25) is 4.79 Å². The van der Waals surface area contributed by atoms with Gasteiger partial charge in [0.05, 0.1) is 10.6 Å². The number of benzene rings is 3. The molecule has 1 amide bonds. The Morgan fingerprint density at radius 1 is 0.971 bits per heavy atom. The monoisotopic (exact) mass is 480 g/mol. The molecule has 0 saturated carbocycles. The maximum absolute atomic E-state index is 13.2. The molecule has 0 fully saturated rings. The van der Waals surface area contributed by atoms with Crippen molar-refractivity contribution in [2.24, 2.45) is 0 Å². The summed E-state index contributed by atoms with van der Waals surface area (Å²) in [6.07, 6.45) is 1.48. The van der Waals surface area contributed by atoms with Crippen molar-refractivity contribution in [2.75, 3.05) is 18.5 Å². The van der Waals surface area contributed by atoms with Gasteiger partial charge in [-0.1, -0.05) is 30.3 Å².